The van der Waals surface area contributed by atoms with Crippen molar-refractivity contribution < 1.29 is 13.2 Å². The molecule has 1 fully saturated rings. The Balaban J connectivity index is 1.54. The Bertz CT molecular complexity index is 1140. The second kappa shape index (κ2) is 8.65. The van der Waals surface area contributed by atoms with Crippen LogP contribution in [0.4, 0.5) is 5.69 Å². The van der Waals surface area contributed by atoms with Crippen LogP contribution in [0.1, 0.15) is 12.0 Å². The topological polar surface area (TPSA) is 72.3 Å². The fourth-order valence-corrected chi connectivity index (χ4v) is 6.22. The fraction of sp³-hybridized carbons (Fsp3) is 0.273. The zero-order valence-electron chi connectivity index (χ0n) is 16.6. The van der Waals surface area contributed by atoms with Crippen LogP contribution in [-0.4, -0.2) is 47.2 Å². The quantitative estimate of drug-likeness (QED) is 0.548. The van der Waals surface area contributed by atoms with Crippen molar-refractivity contribution in [2.75, 3.05) is 22.2 Å². The predicted molar refractivity (Wildman–Crippen MR) is 120 cm³/mol. The minimum atomic E-state index is -3.10. The summed E-state index contributed by atoms with van der Waals surface area (Å²) in [7, 11) is -3.10. The van der Waals surface area contributed by atoms with Crippen molar-refractivity contribution in [2.24, 2.45) is 0 Å². The monoisotopic (exact) mass is 441 g/mol. The summed E-state index contributed by atoms with van der Waals surface area (Å²) in [6, 6.07) is 17.0. The molecule has 0 saturated carbocycles. The molecule has 0 aliphatic carbocycles. The maximum Gasteiger partial charge on any atom is 0.237 e. The third-order valence-electron chi connectivity index (χ3n) is 5.09. The van der Waals surface area contributed by atoms with Crippen molar-refractivity contribution in [3.05, 3.63) is 72.6 Å². The minimum Gasteiger partial charge on any atom is -0.308 e. The third-order valence-corrected chi connectivity index (χ3v) is 7.79. The first-order valence-electron chi connectivity index (χ1n) is 9.74. The Morgan fingerprint density at radius 3 is 2.70 bits per heavy atom. The number of thioether (sulfide) groups is 1. The molecule has 0 spiro atoms. The zero-order chi connectivity index (χ0) is 21.1. The normalized spacial score (nSPS) is 17.7. The summed E-state index contributed by atoms with van der Waals surface area (Å²) >= 11 is 1.36. The minimum absolute atomic E-state index is 0.0101. The molecule has 1 aliphatic rings. The molecule has 0 bridgehead atoms. The van der Waals surface area contributed by atoms with Crippen LogP contribution in [-0.2, 0) is 14.6 Å². The van der Waals surface area contributed by atoms with E-state index in [0.29, 0.717) is 6.42 Å². The highest BCUT2D eigenvalue weighted by Crippen LogP contribution is 2.27. The number of aryl methyl sites for hydroxylation is 1. The average molecular weight is 442 g/mol. The van der Waals surface area contributed by atoms with Crippen molar-refractivity contribution in [1.29, 1.82) is 0 Å². The molecule has 156 valence electrons. The van der Waals surface area contributed by atoms with Gasteiger partial charge in [-0.25, -0.2) is 13.4 Å². The molecule has 1 aromatic heterocycles. The van der Waals surface area contributed by atoms with E-state index in [-0.39, 0.29) is 29.2 Å². The van der Waals surface area contributed by atoms with Gasteiger partial charge in [0.15, 0.2) is 15.0 Å². The van der Waals surface area contributed by atoms with Gasteiger partial charge in [-0.1, -0.05) is 42.1 Å². The van der Waals surface area contributed by atoms with Gasteiger partial charge >= 0.3 is 0 Å². The van der Waals surface area contributed by atoms with Gasteiger partial charge in [0.05, 0.1) is 23.3 Å². The number of carbonyl (C=O) groups is 1. The van der Waals surface area contributed by atoms with Gasteiger partial charge in [0.25, 0.3) is 0 Å². The lowest BCUT2D eigenvalue weighted by atomic mass is 10.2. The lowest BCUT2D eigenvalue weighted by Crippen LogP contribution is -2.42. The standard InChI is InChI=1S/C22H23N3O3S2/c1-17-6-5-9-19(14-17)24-12-11-23-22(24)29-15-21(26)25(18-7-3-2-4-8-18)20-10-13-30(27,28)16-20/h2-9,11-12,14,20H,10,13,15-16H2,1H3. The molecule has 30 heavy (non-hydrogen) atoms. The molecule has 8 heteroatoms. The van der Waals surface area contributed by atoms with Gasteiger partial charge in [-0.15, -0.1) is 0 Å². The van der Waals surface area contributed by atoms with Crippen LogP contribution < -0.4 is 4.90 Å². The van der Waals surface area contributed by atoms with Gasteiger partial charge in [0.1, 0.15) is 0 Å². The third kappa shape index (κ3) is 4.60. The smallest absolute Gasteiger partial charge is 0.237 e. The maximum atomic E-state index is 13.2. The van der Waals surface area contributed by atoms with Crippen LogP contribution in [0, 0.1) is 6.92 Å². The van der Waals surface area contributed by atoms with Crippen LogP contribution in [0.25, 0.3) is 5.69 Å². The SMILES string of the molecule is Cc1cccc(-n2ccnc2SCC(=O)N(c2ccccc2)C2CCS(=O)(=O)C2)c1. The van der Waals surface area contributed by atoms with Crippen LogP contribution >= 0.6 is 11.8 Å². The number of amides is 1. The highest BCUT2D eigenvalue weighted by molar-refractivity contribution is 7.99. The molecule has 2 heterocycles. The molecule has 3 aromatic rings. The Labute approximate surface area is 180 Å². The number of sulfone groups is 1. The molecule has 1 atom stereocenters. The Hall–Kier alpha value is -2.58. The zero-order valence-corrected chi connectivity index (χ0v) is 18.3. The number of rotatable bonds is 6. The average Bonchev–Trinajstić information content (AvgIpc) is 3.33. The number of carbonyl (C=O) groups excluding carboxylic acids is 1. The molecule has 1 unspecified atom stereocenters. The van der Waals surface area contributed by atoms with E-state index in [1.807, 2.05) is 66.2 Å². The number of hydrogen-bond acceptors (Lipinski definition) is 5. The van der Waals surface area contributed by atoms with Gasteiger partial charge in [-0.2, -0.15) is 0 Å². The highest BCUT2D eigenvalue weighted by atomic mass is 32.2. The van der Waals surface area contributed by atoms with E-state index in [2.05, 4.69) is 11.1 Å². The number of nitrogens with zero attached hydrogens (tertiary/aromatic N) is 3. The number of aromatic nitrogens is 2. The summed E-state index contributed by atoms with van der Waals surface area (Å²) in [4.78, 5) is 19.3. The summed E-state index contributed by atoms with van der Waals surface area (Å²) in [6.07, 6.45) is 4.05. The predicted octanol–water partition coefficient (Wildman–Crippen LogP) is 3.49. The second-order valence-electron chi connectivity index (χ2n) is 7.36. The Morgan fingerprint density at radius 1 is 1.20 bits per heavy atom. The summed E-state index contributed by atoms with van der Waals surface area (Å²) in [6.45, 7) is 2.03. The van der Waals surface area contributed by atoms with Crippen LogP contribution in [0.3, 0.4) is 0 Å². The summed E-state index contributed by atoms with van der Waals surface area (Å²) in [5.74, 6) is 0.191. The second-order valence-corrected chi connectivity index (χ2v) is 10.5. The van der Waals surface area contributed by atoms with E-state index >= 15 is 0 Å². The lowest BCUT2D eigenvalue weighted by Gasteiger charge is -2.28. The molecule has 0 radical (unpaired) electrons. The van der Waals surface area contributed by atoms with Crippen LogP contribution in [0.2, 0.25) is 0 Å². The first-order valence-corrected chi connectivity index (χ1v) is 12.5. The van der Waals surface area contributed by atoms with Gasteiger partial charge in [-0.05, 0) is 43.2 Å². The van der Waals surface area contributed by atoms with Crippen molar-refractivity contribution in [3.63, 3.8) is 0 Å². The van der Waals surface area contributed by atoms with Crippen molar-refractivity contribution >= 4 is 33.2 Å². The molecule has 1 saturated heterocycles. The van der Waals surface area contributed by atoms with E-state index in [9.17, 15) is 13.2 Å². The Morgan fingerprint density at radius 2 is 2.00 bits per heavy atom. The highest BCUT2D eigenvalue weighted by Gasteiger charge is 2.35. The molecule has 4 rings (SSSR count). The molecular weight excluding hydrogens is 418 g/mol. The fourth-order valence-electron chi connectivity index (χ4n) is 3.69. The Kier molecular flexibility index (Phi) is 5.97. The van der Waals surface area contributed by atoms with Gasteiger partial charge in [0, 0.05) is 23.8 Å². The maximum absolute atomic E-state index is 13.2. The number of anilines is 1. The van der Waals surface area contributed by atoms with E-state index < -0.39 is 9.84 Å². The number of hydrogen-bond donors (Lipinski definition) is 0. The summed E-state index contributed by atoms with van der Waals surface area (Å²) in [5.41, 5.74) is 2.86. The molecule has 1 aliphatic heterocycles. The van der Waals surface area contributed by atoms with Gasteiger partial charge in [-0.3, -0.25) is 9.36 Å². The van der Waals surface area contributed by atoms with Gasteiger partial charge in [0.2, 0.25) is 5.91 Å². The molecular formula is C22H23N3O3S2. The summed E-state index contributed by atoms with van der Waals surface area (Å²) < 4.78 is 26.0. The van der Waals surface area contributed by atoms with Crippen molar-refractivity contribution in [1.82, 2.24) is 9.55 Å². The molecule has 0 N–H and O–H groups in total. The van der Waals surface area contributed by atoms with Gasteiger partial charge < -0.3 is 4.90 Å². The largest absolute Gasteiger partial charge is 0.308 e. The first kappa shape index (κ1) is 20.7. The lowest BCUT2D eigenvalue weighted by molar-refractivity contribution is -0.116. The number of para-hydroxylation sites is 1. The first-order chi connectivity index (χ1) is 14.4. The van der Waals surface area contributed by atoms with Crippen molar-refractivity contribution in [3.8, 4) is 5.69 Å². The molecule has 1 amide bonds. The summed E-state index contributed by atoms with van der Waals surface area (Å²) in [5, 5.41) is 0.723. The van der Waals surface area contributed by atoms with Crippen molar-refractivity contribution in [2.45, 2.75) is 24.5 Å². The number of imidazole rings is 1. The van der Waals surface area contributed by atoms with Crippen LogP contribution in [0.15, 0.2) is 72.1 Å². The van der Waals surface area contributed by atoms with E-state index in [1.54, 1.807) is 11.1 Å². The van der Waals surface area contributed by atoms with E-state index in [1.165, 1.54) is 11.8 Å². The molecule has 2 aromatic carbocycles. The van der Waals surface area contributed by atoms with E-state index in [4.69, 9.17) is 0 Å². The van der Waals surface area contributed by atoms with E-state index in [0.717, 1.165) is 22.1 Å². The number of benzene rings is 2. The molecule has 6 nitrogen and oxygen atoms in total. The van der Waals surface area contributed by atoms with Crippen LogP contribution in [0.5, 0.6) is 0 Å².